The van der Waals surface area contributed by atoms with Gasteiger partial charge in [0.25, 0.3) is 5.91 Å². The maximum atomic E-state index is 12.5. The van der Waals surface area contributed by atoms with Gasteiger partial charge in [-0.3, -0.25) is 4.79 Å². The molecule has 0 radical (unpaired) electrons. The fraction of sp³-hybridized carbons (Fsp3) is 0.294. The molecule has 1 saturated carbocycles. The van der Waals surface area contributed by atoms with E-state index in [1.165, 1.54) is 27.1 Å². The van der Waals surface area contributed by atoms with E-state index in [1.54, 1.807) is 24.4 Å². The summed E-state index contributed by atoms with van der Waals surface area (Å²) >= 11 is 0. The van der Waals surface area contributed by atoms with Gasteiger partial charge in [0, 0.05) is 6.04 Å². The van der Waals surface area contributed by atoms with E-state index in [2.05, 4.69) is 15.6 Å². The second kappa shape index (κ2) is 6.56. The molecular formula is C17H19N3O3. The summed E-state index contributed by atoms with van der Waals surface area (Å²) in [6, 6.07) is 9.43. The molecule has 1 aromatic heterocycles. The number of benzene rings is 1. The summed E-state index contributed by atoms with van der Waals surface area (Å²) < 4.78 is 10.5. The molecule has 1 fully saturated rings. The third-order valence-electron chi connectivity index (χ3n) is 3.61. The Morgan fingerprint density at radius 2 is 1.83 bits per heavy atom. The van der Waals surface area contributed by atoms with Crippen molar-refractivity contribution in [3.05, 3.63) is 42.1 Å². The molecule has 3 rings (SSSR count). The third-order valence-corrected chi connectivity index (χ3v) is 3.61. The van der Waals surface area contributed by atoms with Crippen molar-refractivity contribution in [1.82, 2.24) is 4.98 Å². The van der Waals surface area contributed by atoms with Crippen LogP contribution in [0.2, 0.25) is 0 Å². The minimum absolute atomic E-state index is 0.302. The lowest BCUT2D eigenvalue weighted by molar-refractivity contribution is 0.102. The Bertz CT molecular complexity index is 674. The van der Waals surface area contributed by atoms with E-state index in [0.29, 0.717) is 28.8 Å². The molecule has 6 nitrogen and oxygen atoms in total. The van der Waals surface area contributed by atoms with Crippen LogP contribution in [0.1, 0.15) is 23.2 Å². The Labute approximate surface area is 134 Å². The number of nitrogens with zero attached hydrogens (tertiary/aromatic N) is 1. The molecular weight excluding hydrogens is 294 g/mol. The molecule has 23 heavy (non-hydrogen) atoms. The molecule has 0 bridgehead atoms. The first-order valence-corrected chi connectivity index (χ1v) is 7.46. The number of hydrogen-bond acceptors (Lipinski definition) is 5. The number of methoxy groups -OCH3 is 2. The molecule has 0 unspecified atom stereocenters. The van der Waals surface area contributed by atoms with Gasteiger partial charge in [0.05, 0.1) is 26.1 Å². The quantitative estimate of drug-likeness (QED) is 0.858. The van der Waals surface area contributed by atoms with E-state index in [-0.39, 0.29) is 5.91 Å². The molecule has 0 atom stereocenters. The van der Waals surface area contributed by atoms with Crippen LogP contribution >= 0.6 is 0 Å². The van der Waals surface area contributed by atoms with Crippen LogP contribution in [0.3, 0.4) is 0 Å². The van der Waals surface area contributed by atoms with Crippen LogP contribution in [-0.4, -0.2) is 31.2 Å². The Morgan fingerprint density at radius 1 is 1.13 bits per heavy atom. The Balaban J connectivity index is 1.76. The molecule has 0 spiro atoms. The average Bonchev–Trinajstić information content (AvgIpc) is 3.39. The van der Waals surface area contributed by atoms with E-state index in [0.717, 1.165) is 5.82 Å². The normalized spacial score (nSPS) is 13.3. The summed E-state index contributed by atoms with van der Waals surface area (Å²) in [5.41, 5.74) is 0.974. The molecule has 1 heterocycles. The van der Waals surface area contributed by atoms with Crippen LogP contribution in [0.15, 0.2) is 36.5 Å². The molecule has 1 amide bonds. The first-order valence-electron chi connectivity index (χ1n) is 7.46. The number of anilines is 2. The maximum Gasteiger partial charge on any atom is 0.263 e. The number of nitrogens with one attached hydrogen (secondary N) is 2. The van der Waals surface area contributed by atoms with Gasteiger partial charge in [-0.2, -0.15) is 0 Å². The predicted octanol–water partition coefficient (Wildman–Crippen LogP) is 2.93. The molecule has 0 saturated heterocycles. The van der Waals surface area contributed by atoms with Crippen LogP contribution in [-0.2, 0) is 0 Å². The van der Waals surface area contributed by atoms with Crippen LogP contribution < -0.4 is 20.1 Å². The highest BCUT2D eigenvalue weighted by molar-refractivity contribution is 6.08. The van der Waals surface area contributed by atoms with E-state index >= 15 is 0 Å². The standard InChI is InChI=1S/C17H19N3O3/c1-22-13-4-3-5-14(23-2)16(13)17(21)20-12-8-9-15(18-10-12)19-11-6-7-11/h3-5,8-11H,6-7H2,1-2H3,(H,18,19)(H,20,21). The number of carbonyl (C=O) groups excluding carboxylic acids is 1. The molecule has 1 aliphatic carbocycles. The molecule has 6 heteroatoms. The van der Waals surface area contributed by atoms with E-state index in [4.69, 9.17) is 9.47 Å². The monoisotopic (exact) mass is 313 g/mol. The summed E-state index contributed by atoms with van der Waals surface area (Å²) in [4.78, 5) is 16.8. The number of hydrogen-bond donors (Lipinski definition) is 2. The number of amides is 1. The predicted molar refractivity (Wildman–Crippen MR) is 88.4 cm³/mol. The van der Waals surface area contributed by atoms with Gasteiger partial charge in [0.1, 0.15) is 22.9 Å². The van der Waals surface area contributed by atoms with Crippen LogP contribution in [0.25, 0.3) is 0 Å². The zero-order valence-corrected chi connectivity index (χ0v) is 13.1. The highest BCUT2D eigenvalue weighted by atomic mass is 16.5. The van der Waals surface area contributed by atoms with Crippen molar-refractivity contribution in [3.8, 4) is 11.5 Å². The first kappa shape index (κ1) is 15.1. The van der Waals surface area contributed by atoms with E-state index in [1.807, 2.05) is 12.1 Å². The number of ether oxygens (including phenoxy) is 2. The van der Waals surface area contributed by atoms with Crippen LogP contribution in [0, 0.1) is 0 Å². The lowest BCUT2D eigenvalue weighted by Gasteiger charge is -2.13. The minimum atomic E-state index is -0.302. The molecule has 1 aliphatic rings. The van der Waals surface area contributed by atoms with Crippen molar-refractivity contribution in [3.63, 3.8) is 0 Å². The summed E-state index contributed by atoms with van der Waals surface area (Å²) in [7, 11) is 3.04. The fourth-order valence-electron chi connectivity index (χ4n) is 2.26. The minimum Gasteiger partial charge on any atom is -0.496 e. The largest absolute Gasteiger partial charge is 0.496 e. The summed E-state index contributed by atoms with van der Waals surface area (Å²) in [5, 5.41) is 6.12. The second-order valence-electron chi connectivity index (χ2n) is 5.34. The molecule has 2 aromatic rings. The Hall–Kier alpha value is -2.76. The fourth-order valence-corrected chi connectivity index (χ4v) is 2.26. The average molecular weight is 313 g/mol. The van der Waals surface area contributed by atoms with Gasteiger partial charge in [-0.05, 0) is 37.1 Å². The van der Waals surface area contributed by atoms with Crippen molar-refractivity contribution in [1.29, 1.82) is 0 Å². The maximum absolute atomic E-state index is 12.5. The van der Waals surface area contributed by atoms with Crippen molar-refractivity contribution in [2.45, 2.75) is 18.9 Å². The Kier molecular flexibility index (Phi) is 4.32. The van der Waals surface area contributed by atoms with Crippen molar-refractivity contribution < 1.29 is 14.3 Å². The molecule has 0 aliphatic heterocycles. The van der Waals surface area contributed by atoms with Gasteiger partial charge in [0.15, 0.2) is 0 Å². The highest BCUT2D eigenvalue weighted by Gasteiger charge is 2.21. The summed E-state index contributed by atoms with van der Waals surface area (Å²) in [5.74, 6) is 1.44. The number of pyridine rings is 1. The first-order chi connectivity index (χ1) is 11.2. The third kappa shape index (κ3) is 3.53. The van der Waals surface area contributed by atoms with Gasteiger partial charge in [0.2, 0.25) is 0 Å². The lowest BCUT2D eigenvalue weighted by Crippen LogP contribution is -2.15. The zero-order valence-electron chi connectivity index (χ0n) is 13.1. The van der Waals surface area contributed by atoms with Gasteiger partial charge in [-0.25, -0.2) is 4.98 Å². The van der Waals surface area contributed by atoms with E-state index in [9.17, 15) is 4.79 Å². The highest BCUT2D eigenvalue weighted by Crippen LogP contribution is 2.29. The number of rotatable bonds is 6. The van der Waals surface area contributed by atoms with Gasteiger partial charge < -0.3 is 20.1 Å². The van der Waals surface area contributed by atoms with Crippen molar-refractivity contribution in [2.75, 3.05) is 24.9 Å². The zero-order chi connectivity index (χ0) is 16.2. The molecule has 120 valence electrons. The number of carbonyl (C=O) groups is 1. The van der Waals surface area contributed by atoms with Crippen LogP contribution in [0.5, 0.6) is 11.5 Å². The summed E-state index contributed by atoms with van der Waals surface area (Å²) in [6.45, 7) is 0. The molecule has 1 aromatic carbocycles. The smallest absolute Gasteiger partial charge is 0.263 e. The SMILES string of the molecule is COc1cccc(OC)c1C(=O)Nc1ccc(NC2CC2)nc1. The van der Waals surface area contributed by atoms with Gasteiger partial charge in [-0.1, -0.05) is 6.07 Å². The van der Waals surface area contributed by atoms with E-state index < -0.39 is 0 Å². The van der Waals surface area contributed by atoms with Crippen molar-refractivity contribution >= 4 is 17.4 Å². The van der Waals surface area contributed by atoms with Crippen molar-refractivity contribution in [2.24, 2.45) is 0 Å². The van der Waals surface area contributed by atoms with Crippen LogP contribution in [0.4, 0.5) is 11.5 Å². The topological polar surface area (TPSA) is 72.5 Å². The van der Waals surface area contributed by atoms with Gasteiger partial charge >= 0.3 is 0 Å². The summed E-state index contributed by atoms with van der Waals surface area (Å²) in [6.07, 6.45) is 4.01. The second-order valence-corrected chi connectivity index (χ2v) is 5.34. The number of aromatic nitrogens is 1. The lowest BCUT2D eigenvalue weighted by atomic mass is 10.1. The van der Waals surface area contributed by atoms with Gasteiger partial charge in [-0.15, -0.1) is 0 Å². The molecule has 2 N–H and O–H groups in total. The Morgan fingerprint density at radius 3 is 2.35 bits per heavy atom.